The Morgan fingerprint density at radius 3 is 1.88 bits per heavy atom. The van der Waals surface area contributed by atoms with Crippen molar-refractivity contribution in [2.75, 3.05) is 0 Å². The zero-order valence-corrected chi connectivity index (χ0v) is 7.23. The molecule has 10 heteroatoms. The van der Waals surface area contributed by atoms with Crippen molar-refractivity contribution in [3.05, 3.63) is 17.2 Å². The van der Waals surface area contributed by atoms with Crippen LogP contribution in [0, 0.1) is 22.7 Å². The first-order valence-electron chi connectivity index (χ1n) is 3.59. The molecule has 1 N–H and O–H groups in total. The Hall–Kier alpha value is -1.56. The first kappa shape index (κ1) is 15.4. The number of hydrogen-bond donors (Lipinski definition) is 1. The fourth-order valence-electron chi connectivity index (χ4n) is 0.818. The molecule has 0 atom stereocenters. The number of imidazole rings is 1. The summed E-state index contributed by atoms with van der Waals surface area (Å²) >= 11 is 0. The molecule has 1 aromatic rings. The predicted molar refractivity (Wildman–Crippen MR) is 45.1 cm³/mol. The van der Waals surface area contributed by atoms with Crippen molar-refractivity contribution in [1.82, 2.24) is 9.97 Å². The van der Waals surface area contributed by atoms with E-state index in [1.54, 1.807) is 0 Å². The number of nitrogens with one attached hydrogen (secondary N) is 1. The zero-order chi connectivity index (χ0) is 12.6. The first-order valence-corrected chi connectivity index (χ1v) is 3.59. The van der Waals surface area contributed by atoms with E-state index >= 15 is 0 Å². The number of nitrogens with zero attached hydrogens (tertiary/aromatic N) is 3. The Bertz CT molecular complexity index is 460. The van der Waals surface area contributed by atoms with Crippen molar-refractivity contribution < 1.29 is 22.0 Å². The first-order chi connectivity index (χ1) is 7.24. The van der Waals surface area contributed by atoms with E-state index in [4.69, 9.17) is 10.5 Å². The normalized spacial score (nSPS) is 11.2. The molecule has 0 unspecified atom stereocenters. The number of aromatic nitrogens is 2. The molecule has 86 valence electrons. The third kappa shape index (κ3) is 2.58. The molecular formula is C7H2F5LiN4. The summed E-state index contributed by atoms with van der Waals surface area (Å²) < 4.78 is 61.1. The summed E-state index contributed by atoms with van der Waals surface area (Å²) in [5.41, 5.74) is -1.54. The van der Waals surface area contributed by atoms with Crippen molar-refractivity contribution in [3.8, 4) is 12.1 Å². The fraction of sp³-hybridized carbons (Fsp3) is 0.286. The van der Waals surface area contributed by atoms with Crippen LogP contribution in [0.4, 0.5) is 22.0 Å². The van der Waals surface area contributed by atoms with E-state index in [1.807, 2.05) is 0 Å². The van der Waals surface area contributed by atoms with E-state index in [-0.39, 0.29) is 18.9 Å². The second-order valence-electron chi connectivity index (χ2n) is 2.60. The maximum absolute atomic E-state index is 12.7. The number of H-pyrrole nitrogens is 1. The van der Waals surface area contributed by atoms with E-state index in [0.29, 0.717) is 0 Å². The van der Waals surface area contributed by atoms with E-state index in [0.717, 1.165) is 0 Å². The van der Waals surface area contributed by atoms with Crippen LogP contribution >= 0.6 is 0 Å². The Labute approximate surface area is 103 Å². The van der Waals surface area contributed by atoms with E-state index in [2.05, 4.69) is 4.98 Å². The summed E-state index contributed by atoms with van der Waals surface area (Å²) in [4.78, 5) is 4.19. The molecule has 0 saturated carbocycles. The Morgan fingerprint density at radius 1 is 1.06 bits per heavy atom. The summed E-state index contributed by atoms with van der Waals surface area (Å²) in [6.07, 6.45) is -5.84. The number of halogens is 5. The molecule has 0 aromatic carbocycles. The predicted octanol–water partition coefficient (Wildman–Crippen LogP) is 1.16. The number of nitriles is 2. The van der Waals surface area contributed by atoms with E-state index < -0.39 is 29.3 Å². The van der Waals surface area contributed by atoms with Crippen molar-refractivity contribution in [3.63, 3.8) is 0 Å². The molecule has 0 aliphatic rings. The zero-order valence-electron chi connectivity index (χ0n) is 7.23. The van der Waals surface area contributed by atoms with Gasteiger partial charge in [-0.15, -0.1) is 0 Å². The molecule has 0 aliphatic carbocycles. The number of aromatic amines is 1. The summed E-state index contributed by atoms with van der Waals surface area (Å²) in [7, 11) is 0. The van der Waals surface area contributed by atoms with Crippen LogP contribution in [-0.4, -0.2) is 35.0 Å². The molecule has 0 radical (unpaired) electrons. The summed E-state index contributed by atoms with van der Waals surface area (Å²) in [6, 6.07) is 2.47. The molecule has 0 fully saturated rings. The van der Waals surface area contributed by atoms with Gasteiger partial charge in [0.05, 0.1) is 0 Å². The topological polar surface area (TPSA) is 76.3 Å². The Kier molecular flexibility index (Phi) is 4.31. The van der Waals surface area contributed by atoms with Crippen molar-refractivity contribution in [1.29, 1.82) is 10.5 Å². The van der Waals surface area contributed by atoms with Gasteiger partial charge in [-0.05, 0) is 0 Å². The average Bonchev–Trinajstić information content (AvgIpc) is 2.59. The van der Waals surface area contributed by atoms with Gasteiger partial charge in [0.2, 0.25) is 0 Å². The Morgan fingerprint density at radius 2 is 1.59 bits per heavy atom. The molecule has 4 nitrogen and oxygen atoms in total. The van der Waals surface area contributed by atoms with Gasteiger partial charge in [-0.1, -0.05) is 0 Å². The number of hydrogen-bond acceptors (Lipinski definition) is 3. The van der Waals surface area contributed by atoms with E-state index in [1.165, 1.54) is 17.1 Å². The molecule has 1 aromatic heterocycles. The van der Waals surface area contributed by atoms with Crippen LogP contribution in [-0.2, 0) is 5.92 Å². The molecule has 0 spiro atoms. The molecule has 0 saturated heterocycles. The molecule has 0 aliphatic heterocycles. The fourth-order valence-corrected chi connectivity index (χ4v) is 0.818. The van der Waals surface area contributed by atoms with Gasteiger partial charge < -0.3 is 4.98 Å². The van der Waals surface area contributed by atoms with E-state index in [9.17, 15) is 22.0 Å². The van der Waals surface area contributed by atoms with Gasteiger partial charge in [0.25, 0.3) is 0 Å². The van der Waals surface area contributed by atoms with Gasteiger partial charge in [0.15, 0.2) is 17.2 Å². The van der Waals surface area contributed by atoms with Crippen molar-refractivity contribution >= 4 is 18.9 Å². The maximum atomic E-state index is 12.7. The number of rotatable bonds is 1. The second-order valence-corrected chi connectivity index (χ2v) is 2.60. The van der Waals surface area contributed by atoms with Crippen LogP contribution in [0.15, 0.2) is 0 Å². The minimum atomic E-state index is -5.84. The number of alkyl halides is 5. The molecular weight excluding hydrogens is 242 g/mol. The average molecular weight is 244 g/mol. The quantitative estimate of drug-likeness (QED) is 0.594. The van der Waals surface area contributed by atoms with Crippen molar-refractivity contribution in [2.24, 2.45) is 0 Å². The van der Waals surface area contributed by atoms with Crippen LogP contribution in [0.5, 0.6) is 0 Å². The molecule has 0 amide bonds. The van der Waals surface area contributed by atoms with Crippen molar-refractivity contribution in [2.45, 2.75) is 12.1 Å². The minimum absolute atomic E-state index is 0. The van der Waals surface area contributed by atoms with Gasteiger partial charge in [0, 0.05) is 0 Å². The molecule has 0 bridgehead atoms. The summed E-state index contributed by atoms with van der Waals surface area (Å²) in [5.74, 6) is -7.00. The molecule has 17 heavy (non-hydrogen) atoms. The standard InChI is InChI=1S/C7HF5N4.Li.H/c8-6(9,7(10,11)12)5-15-3(1-13)4(2-14)16-5;;/h(H,15,16);;. The third-order valence-electron chi connectivity index (χ3n) is 1.57. The van der Waals surface area contributed by atoms with Gasteiger partial charge in [-0.3, -0.25) is 0 Å². The van der Waals surface area contributed by atoms with Crippen LogP contribution < -0.4 is 0 Å². The Balaban J connectivity index is 0.00000256. The summed E-state index contributed by atoms with van der Waals surface area (Å²) in [6.45, 7) is 0. The van der Waals surface area contributed by atoms with Gasteiger partial charge in [0.1, 0.15) is 12.1 Å². The van der Waals surface area contributed by atoms with Gasteiger partial charge >= 0.3 is 31.0 Å². The monoisotopic (exact) mass is 244 g/mol. The molecule has 1 heterocycles. The van der Waals surface area contributed by atoms with Crippen LogP contribution in [0.2, 0.25) is 0 Å². The SMILES string of the molecule is N#Cc1nc(C(F)(F)C(F)(F)F)[nH]c1C#N.[LiH]. The van der Waals surface area contributed by atoms with Crippen LogP contribution in [0.25, 0.3) is 0 Å². The van der Waals surface area contributed by atoms with Crippen LogP contribution in [0.3, 0.4) is 0 Å². The third-order valence-corrected chi connectivity index (χ3v) is 1.57. The summed E-state index contributed by atoms with van der Waals surface area (Å²) in [5, 5.41) is 16.7. The van der Waals surface area contributed by atoms with Crippen LogP contribution in [0.1, 0.15) is 17.2 Å². The van der Waals surface area contributed by atoms with Gasteiger partial charge in [-0.2, -0.15) is 32.5 Å². The molecule has 1 rings (SSSR count). The second kappa shape index (κ2) is 4.75. The van der Waals surface area contributed by atoms with Gasteiger partial charge in [-0.25, -0.2) is 4.98 Å².